The molecule has 0 radical (unpaired) electrons. The third-order valence-corrected chi connectivity index (χ3v) is 4.54. The number of Topliss-reactive ketones (excluding diaryl/α,β-unsaturated/α-hetero) is 1. The number of rotatable bonds is 3. The highest BCUT2D eigenvalue weighted by molar-refractivity contribution is 5.82. The quantitative estimate of drug-likeness (QED) is 0.745. The van der Waals surface area contributed by atoms with Gasteiger partial charge in [-0.25, -0.2) is 4.68 Å². The fourth-order valence-corrected chi connectivity index (χ4v) is 3.39. The number of benzene rings is 2. The summed E-state index contributed by atoms with van der Waals surface area (Å²) >= 11 is 0. The minimum Gasteiger partial charge on any atom is -0.299 e. The molecular weight excluding hydrogens is 300 g/mol. The molecule has 4 nitrogen and oxygen atoms in total. The maximum absolute atomic E-state index is 13.0. The Morgan fingerprint density at radius 3 is 2.21 bits per heavy atom. The zero-order valence-electron chi connectivity index (χ0n) is 13.3. The second-order valence-electron chi connectivity index (χ2n) is 6.14. The van der Waals surface area contributed by atoms with Crippen LogP contribution in [0.3, 0.4) is 0 Å². The summed E-state index contributed by atoms with van der Waals surface area (Å²) < 4.78 is 3.76. The van der Waals surface area contributed by atoms with Gasteiger partial charge in [-0.05, 0) is 24.1 Å². The lowest BCUT2D eigenvalue weighted by molar-refractivity contribution is -0.118. The maximum atomic E-state index is 13.0. The summed E-state index contributed by atoms with van der Waals surface area (Å²) in [7, 11) is 0. The highest BCUT2D eigenvalue weighted by Gasteiger charge is 2.26. The summed E-state index contributed by atoms with van der Waals surface area (Å²) in [6.45, 7) is 0.620. The highest BCUT2D eigenvalue weighted by atomic mass is 16.1. The van der Waals surface area contributed by atoms with Crippen molar-refractivity contribution < 1.29 is 4.79 Å². The molecule has 0 atom stereocenters. The van der Waals surface area contributed by atoms with Gasteiger partial charge in [0.25, 0.3) is 5.56 Å². The van der Waals surface area contributed by atoms with E-state index in [9.17, 15) is 9.59 Å². The molecule has 4 heteroatoms. The fraction of sp³-hybridized carbons (Fsp3) is 0.200. The Hall–Kier alpha value is -2.88. The molecule has 0 bridgehead atoms. The normalized spacial score (nSPS) is 13.8. The Balaban J connectivity index is 1.91. The van der Waals surface area contributed by atoms with Crippen LogP contribution in [-0.4, -0.2) is 15.1 Å². The molecule has 0 amide bonds. The molecule has 4 rings (SSSR count). The van der Waals surface area contributed by atoms with Crippen LogP contribution in [-0.2, 0) is 24.2 Å². The van der Waals surface area contributed by atoms with Crippen molar-refractivity contribution in [3.8, 4) is 5.69 Å². The number of hydrogen-bond acceptors (Lipinski definition) is 2. The van der Waals surface area contributed by atoms with Gasteiger partial charge in [-0.2, -0.15) is 0 Å². The first kappa shape index (κ1) is 14.7. The van der Waals surface area contributed by atoms with Crippen molar-refractivity contribution in [1.29, 1.82) is 0 Å². The number of hydrogen-bond donors (Lipinski definition) is 0. The predicted octanol–water partition coefficient (Wildman–Crippen LogP) is 2.75. The number of ketones is 1. The Labute approximate surface area is 140 Å². The van der Waals surface area contributed by atoms with Crippen molar-refractivity contribution in [2.45, 2.75) is 25.8 Å². The van der Waals surface area contributed by atoms with E-state index in [1.807, 2.05) is 53.2 Å². The number of aromatic nitrogens is 2. The van der Waals surface area contributed by atoms with Crippen LogP contribution < -0.4 is 5.56 Å². The SMILES string of the molecule is O=C1CCc2c(c(=O)n(-c3ccccc3)n2Cc2ccccc2)C1. The van der Waals surface area contributed by atoms with Gasteiger partial charge in [0, 0.05) is 24.1 Å². The molecule has 0 saturated heterocycles. The van der Waals surface area contributed by atoms with Gasteiger partial charge >= 0.3 is 0 Å². The van der Waals surface area contributed by atoms with Crippen LogP contribution >= 0.6 is 0 Å². The van der Waals surface area contributed by atoms with Crippen molar-refractivity contribution >= 4 is 5.78 Å². The van der Waals surface area contributed by atoms with E-state index in [2.05, 4.69) is 12.1 Å². The molecule has 0 aliphatic heterocycles. The summed E-state index contributed by atoms with van der Waals surface area (Å²) in [5, 5.41) is 0. The van der Waals surface area contributed by atoms with Crippen LogP contribution in [0.2, 0.25) is 0 Å². The van der Waals surface area contributed by atoms with E-state index >= 15 is 0 Å². The standard InChI is InChI=1S/C20H18N2O2/c23-17-11-12-19-18(13-17)20(24)22(16-9-5-2-6-10-16)21(19)14-15-7-3-1-4-8-15/h1-10H,11-14H2. The summed E-state index contributed by atoms with van der Waals surface area (Å²) in [4.78, 5) is 24.8. The molecule has 1 aromatic heterocycles. The molecule has 1 aliphatic rings. The Bertz CT molecular complexity index is 937. The minimum atomic E-state index is -0.0693. The molecule has 120 valence electrons. The van der Waals surface area contributed by atoms with Crippen molar-refractivity contribution in [1.82, 2.24) is 9.36 Å². The average Bonchev–Trinajstić information content (AvgIpc) is 2.88. The summed E-state index contributed by atoms with van der Waals surface area (Å²) in [6.07, 6.45) is 1.40. The number of carbonyl (C=O) groups excluding carboxylic acids is 1. The molecule has 1 heterocycles. The second-order valence-corrected chi connectivity index (χ2v) is 6.14. The molecule has 3 aromatic rings. The van der Waals surface area contributed by atoms with Crippen LogP contribution in [0.1, 0.15) is 23.2 Å². The molecule has 0 saturated carbocycles. The van der Waals surface area contributed by atoms with Gasteiger partial charge in [-0.15, -0.1) is 0 Å². The average molecular weight is 318 g/mol. The van der Waals surface area contributed by atoms with E-state index in [4.69, 9.17) is 0 Å². The smallest absolute Gasteiger partial charge is 0.275 e. The summed E-state index contributed by atoms with van der Waals surface area (Å²) in [6, 6.07) is 19.7. The highest BCUT2D eigenvalue weighted by Crippen LogP contribution is 2.20. The molecule has 2 aromatic carbocycles. The van der Waals surface area contributed by atoms with Gasteiger partial charge in [0.15, 0.2) is 0 Å². The van der Waals surface area contributed by atoms with E-state index < -0.39 is 0 Å². The first-order valence-corrected chi connectivity index (χ1v) is 8.18. The van der Waals surface area contributed by atoms with Crippen LogP contribution in [0.15, 0.2) is 65.5 Å². The molecule has 0 spiro atoms. The third kappa shape index (κ3) is 2.50. The largest absolute Gasteiger partial charge is 0.299 e. The van der Waals surface area contributed by atoms with Gasteiger partial charge in [0.1, 0.15) is 5.78 Å². The molecular formula is C20H18N2O2. The van der Waals surface area contributed by atoms with Gasteiger partial charge in [-0.1, -0.05) is 48.5 Å². The Morgan fingerprint density at radius 1 is 0.833 bits per heavy atom. The lowest BCUT2D eigenvalue weighted by atomic mass is 9.96. The predicted molar refractivity (Wildman–Crippen MR) is 92.6 cm³/mol. The van der Waals surface area contributed by atoms with E-state index in [0.29, 0.717) is 24.9 Å². The topological polar surface area (TPSA) is 44.0 Å². The lowest BCUT2D eigenvalue weighted by Crippen LogP contribution is -2.23. The molecule has 0 N–H and O–H groups in total. The molecule has 1 aliphatic carbocycles. The number of fused-ring (bicyclic) bond motifs is 1. The van der Waals surface area contributed by atoms with Crippen LogP contribution in [0.25, 0.3) is 5.69 Å². The fourth-order valence-electron chi connectivity index (χ4n) is 3.39. The van der Waals surface area contributed by atoms with E-state index in [-0.39, 0.29) is 17.8 Å². The number of carbonyl (C=O) groups is 1. The first-order valence-electron chi connectivity index (χ1n) is 8.18. The van der Waals surface area contributed by atoms with E-state index in [0.717, 1.165) is 16.9 Å². The van der Waals surface area contributed by atoms with Crippen LogP contribution in [0.4, 0.5) is 0 Å². The van der Waals surface area contributed by atoms with Crippen molar-refractivity contribution in [3.05, 3.63) is 87.8 Å². The minimum absolute atomic E-state index is 0.0693. The lowest BCUT2D eigenvalue weighted by Gasteiger charge is -2.17. The van der Waals surface area contributed by atoms with Gasteiger partial charge in [0.05, 0.1) is 12.2 Å². The van der Waals surface area contributed by atoms with E-state index in [1.165, 1.54) is 0 Å². The van der Waals surface area contributed by atoms with Crippen LogP contribution in [0.5, 0.6) is 0 Å². The van der Waals surface area contributed by atoms with Crippen LogP contribution in [0, 0.1) is 0 Å². The second kappa shape index (κ2) is 5.96. The summed E-state index contributed by atoms with van der Waals surface area (Å²) in [5.41, 5.74) is 3.55. The molecule has 0 fully saturated rings. The van der Waals surface area contributed by atoms with Gasteiger partial charge in [-0.3, -0.25) is 14.3 Å². The number of nitrogens with zero attached hydrogens (tertiary/aromatic N) is 2. The van der Waals surface area contributed by atoms with Crippen molar-refractivity contribution in [2.75, 3.05) is 0 Å². The van der Waals surface area contributed by atoms with Gasteiger partial charge in [0.2, 0.25) is 0 Å². The van der Waals surface area contributed by atoms with Crippen molar-refractivity contribution in [2.24, 2.45) is 0 Å². The number of para-hydroxylation sites is 1. The summed E-state index contributed by atoms with van der Waals surface area (Å²) in [5.74, 6) is 0.150. The Kier molecular flexibility index (Phi) is 3.65. The Morgan fingerprint density at radius 2 is 1.50 bits per heavy atom. The van der Waals surface area contributed by atoms with E-state index in [1.54, 1.807) is 4.68 Å². The zero-order chi connectivity index (χ0) is 16.5. The monoisotopic (exact) mass is 318 g/mol. The zero-order valence-corrected chi connectivity index (χ0v) is 13.3. The third-order valence-electron chi connectivity index (χ3n) is 4.54. The molecule has 0 unspecified atom stereocenters. The molecule has 24 heavy (non-hydrogen) atoms. The first-order chi connectivity index (χ1) is 11.7. The maximum Gasteiger partial charge on any atom is 0.275 e. The van der Waals surface area contributed by atoms with Crippen molar-refractivity contribution in [3.63, 3.8) is 0 Å². The van der Waals surface area contributed by atoms with Gasteiger partial charge < -0.3 is 0 Å².